The summed E-state index contributed by atoms with van der Waals surface area (Å²) < 4.78 is 0. The summed E-state index contributed by atoms with van der Waals surface area (Å²) in [5, 5.41) is 4.61. The molecule has 0 fully saturated rings. The predicted octanol–water partition coefficient (Wildman–Crippen LogP) is 4.40. The molecule has 21 heavy (non-hydrogen) atoms. The predicted molar refractivity (Wildman–Crippen MR) is 87.4 cm³/mol. The molecule has 4 rings (SSSR count). The molecule has 0 unspecified atom stereocenters. The van der Waals surface area contributed by atoms with Gasteiger partial charge in [-0.1, -0.05) is 36.0 Å². The van der Waals surface area contributed by atoms with Crippen molar-refractivity contribution in [2.45, 2.75) is 10.9 Å². The highest BCUT2D eigenvalue weighted by Gasteiger charge is 2.02. The first-order valence-corrected chi connectivity index (χ1v) is 7.77. The van der Waals surface area contributed by atoms with Crippen molar-refractivity contribution in [3.05, 3.63) is 66.6 Å². The molecule has 1 N–H and O–H groups in total. The van der Waals surface area contributed by atoms with E-state index in [9.17, 15) is 0 Å². The first-order valence-electron chi connectivity index (χ1n) is 6.78. The van der Waals surface area contributed by atoms with Gasteiger partial charge in [-0.3, -0.25) is 4.98 Å². The monoisotopic (exact) mass is 291 g/mol. The van der Waals surface area contributed by atoms with Crippen LogP contribution < -0.4 is 0 Å². The molecule has 0 radical (unpaired) electrons. The lowest BCUT2D eigenvalue weighted by molar-refractivity contribution is 1.06. The lowest BCUT2D eigenvalue weighted by Gasteiger charge is -2.04. The fourth-order valence-corrected chi connectivity index (χ4v) is 3.17. The smallest absolute Gasteiger partial charge is 0.165 e. The van der Waals surface area contributed by atoms with Crippen LogP contribution in [0.15, 0.2) is 66.2 Å². The van der Waals surface area contributed by atoms with Gasteiger partial charge in [-0.05, 0) is 34.5 Å². The number of aromatic amines is 1. The number of benzene rings is 2. The minimum Gasteiger partial charge on any atom is -0.340 e. The van der Waals surface area contributed by atoms with Crippen molar-refractivity contribution in [2.24, 2.45) is 0 Å². The zero-order valence-corrected chi connectivity index (χ0v) is 12.1. The van der Waals surface area contributed by atoms with E-state index >= 15 is 0 Å². The van der Waals surface area contributed by atoms with Crippen molar-refractivity contribution in [1.82, 2.24) is 15.0 Å². The van der Waals surface area contributed by atoms with Crippen LogP contribution >= 0.6 is 11.8 Å². The van der Waals surface area contributed by atoms with Gasteiger partial charge in [0.25, 0.3) is 0 Å². The molecule has 0 saturated heterocycles. The van der Waals surface area contributed by atoms with E-state index in [2.05, 4.69) is 57.4 Å². The molecule has 3 nitrogen and oxygen atoms in total. The van der Waals surface area contributed by atoms with Crippen LogP contribution in [-0.2, 0) is 5.75 Å². The minimum absolute atomic E-state index is 0.864. The molecule has 2 heterocycles. The molecule has 0 amide bonds. The Hall–Kier alpha value is -2.33. The Morgan fingerprint density at radius 1 is 0.952 bits per heavy atom. The fraction of sp³-hybridized carbons (Fsp3) is 0.0588. The zero-order chi connectivity index (χ0) is 14.1. The van der Waals surface area contributed by atoms with Crippen molar-refractivity contribution in [2.75, 3.05) is 0 Å². The molecular weight excluding hydrogens is 278 g/mol. The summed E-state index contributed by atoms with van der Waals surface area (Å²) in [5.41, 5.74) is 2.25. The number of pyridine rings is 1. The second-order valence-electron chi connectivity index (χ2n) is 4.92. The second kappa shape index (κ2) is 5.22. The number of fused-ring (bicyclic) bond motifs is 2. The van der Waals surface area contributed by atoms with Gasteiger partial charge in [0, 0.05) is 29.7 Å². The highest BCUT2D eigenvalue weighted by molar-refractivity contribution is 7.98. The number of aromatic nitrogens is 3. The van der Waals surface area contributed by atoms with Crippen LogP contribution in [0.25, 0.3) is 21.7 Å². The van der Waals surface area contributed by atoms with E-state index in [4.69, 9.17) is 0 Å². The summed E-state index contributed by atoms with van der Waals surface area (Å²) in [5.74, 6) is 0.864. The molecule has 2 aromatic carbocycles. The van der Waals surface area contributed by atoms with E-state index in [1.807, 2.05) is 12.4 Å². The SMILES string of the molecule is c1ccc2cc3ncc(CSc4ncc[nH]4)cc3cc2c1. The number of imidazole rings is 1. The van der Waals surface area contributed by atoms with E-state index in [1.165, 1.54) is 21.7 Å². The van der Waals surface area contributed by atoms with Crippen LogP contribution in [0.1, 0.15) is 5.56 Å². The van der Waals surface area contributed by atoms with Crippen LogP contribution in [0, 0.1) is 0 Å². The van der Waals surface area contributed by atoms with Gasteiger partial charge in [0.2, 0.25) is 0 Å². The molecule has 4 aromatic rings. The average Bonchev–Trinajstić information content (AvgIpc) is 3.04. The molecular formula is C17H13N3S. The first kappa shape index (κ1) is 12.4. The maximum atomic E-state index is 4.59. The molecule has 2 aromatic heterocycles. The van der Waals surface area contributed by atoms with Crippen molar-refractivity contribution < 1.29 is 0 Å². The highest BCUT2D eigenvalue weighted by Crippen LogP contribution is 2.24. The third-order valence-corrected chi connectivity index (χ3v) is 4.43. The van der Waals surface area contributed by atoms with Crippen molar-refractivity contribution >= 4 is 33.4 Å². The van der Waals surface area contributed by atoms with E-state index in [0.717, 1.165) is 16.4 Å². The van der Waals surface area contributed by atoms with Gasteiger partial charge in [0.15, 0.2) is 5.16 Å². The summed E-state index contributed by atoms with van der Waals surface area (Å²) in [6.07, 6.45) is 5.56. The lowest BCUT2D eigenvalue weighted by Crippen LogP contribution is -1.86. The molecule has 0 bridgehead atoms. The molecule has 0 aliphatic heterocycles. The van der Waals surface area contributed by atoms with Gasteiger partial charge >= 0.3 is 0 Å². The van der Waals surface area contributed by atoms with Crippen LogP contribution in [0.5, 0.6) is 0 Å². The number of rotatable bonds is 3. The Kier molecular flexibility index (Phi) is 3.09. The van der Waals surface area contributed by atoms with Crippen LogP contribution in [0.4, 0.5) is 0 Å². The summed E-state index contributed by atoms with van der Waals surface area (Å²) in [4.78, 5) is 11.9. The van der Waals surface area contributed by atoms with E-state index < -0.39 is 0 Å². The molecule has 0 aliphatic rings. The molecule has 102 valence electrons. The first-order chi connectivity index (χ1) is 10.4. The summed E-state index contributed by atoms with van der Waals surface area (Å²) >= 11 is 1.69. The number of hydrogen-bond donors (Lipinski definition) is 1. The number of nitrogens with one attached hydrogen (secondary N) is 1. The summed E-state index contributed by atoms with van der Waals surface area (Å²) in [6, 6.07) is 15.0. The number of hydrogen-bond acceptors (Lipinski definition) is 3. The van der Waals surface area contributed by atoms with Crippen molar-refractivity contribution in [3.8, 4) is 0 Å². The van der Waals surface area contributed by atoms with Crippen LogP contribution in [0.2, 0.25) is 0 Å². The number of thioether (sulfide) groups is 1. The Labute approximate surface area is 126 Å². The number of nitrogens with zero attached hydrogens (tertiary/aromatic N) is 2. The third kappa shape index (κ3) is 2.50. The lowest BCUT2D eigenvalue weighted by atomic mass is 10.1. The Balaban J connectivity index is 1.69. The molecule has 4 heteroatoms. The highest BCUT2D eigenvalue weighted by atomic mass is 32.2. The average molecular weight is 291 g/mol. The zero-order valence-electron chi connectivity index (χ0n) is 11.3. The van der Waals surface area contributed by atoms with Gasteiger partial charge in [-0.25, -0.2) is 4.98 Å². The molecule has 0 aliphatic carbocycles. The van der Waals surface area contributed by atoms with Crippen LogP contribution in [0.3, 0.4) is 0 Å². The maximum absolute atomic E-state index is 4.59. The third-order valence-electron chi connectivity index (χ3n) is 3.45. The van der Waals surface area contributed by atoms with Crippen LogP contribution in [-0.4, -0.2) is 15.0 Å². The fourth-order valence-electron chi connectivity index (χ4n) is 2.42. The Morgan fingerprint density at radius 3 is 2.62 bits per heavy atom. The van der Waals surface area contributed by atoms with Gasteiger partial charge in [-0.2, -0.15) is 0 Å². The normalized spacial score (nSPS) is 11.2. The van der Waals surface area contributed by atoms with Gasteiger partial charge in [-0.15, -0.1) is 0 Å². The largest absolute Gasteiger partial charge is 0.340 e. The number of H-pyrrole nitrogens is 1. The standard InChI is InChI=1S/C17H13N3S/c1-2-4-14-9-16-15(8-13(14)3-1)7-12(10-20-16)11-21-17-18-5-6-19-17/h1-10H,11H2,(H,18,19). The minimum atomic E-state index is 0.864. The van der Waals surface area contributed by atoms with Gasteiger partial charge in [0.1, 0.15) is 0 Å². The van der Waals surface area contributed by atoms with E-state index in [-0.39, 0.29) is 0 Å². The second-order valence-corrected chi connectivity index (χ2v) is 5.88. The Morgan fingerprint density at radius 2 is 1.81 bits per heavy atom. The van der Waals surface area contributed by atoms with Gasteiger partial charge < -0.3 is 4.98 Å². The van der Waals surface area contributed by atoms with E-state index in [0.29, 0.717) is 0 Å². The molecule has 0 saturated carbocycles. The molecule has 0 atom stereocenters. The van der Waals surface area contributed by atoms with Crippen molar-refractivity contribution in [1.29, 1.82) is 0 Å². The van der Waals surface area contributed by atoms with Gasteiger partial charge in [0.05, 0.1) is 5.52 Å². The summed E-state index contributed by atoms with van der Waals surface area (Å²) in [6.45, 7) is 0. The maximum Gasteiger partial charge on any atom is 0.165 e. The Bertz CT molecular complexity index is 900. The molecule has 0 spiro atoms. The summed E-state index contributed by atoms with van der Waals surface area (Å²) in [7, 11) is 0. The quantitative estimate of drug-likeness (QED) is 0.449. The topological polar surface area (TPSA) is 41.6 Å². The van der Waals surface area contributed by atoms with Crippen molar-refractivity contribution in [3.63, 3.8) is 0 Å². The van der Waals surface area contributed by atoms with E-state index in [1.54, 1.807) is 18.0 Å².